The van der Waals surface area contributed by atoms with Gasteiger partial charge in [0.25, 0.3) is 10.2 Å². The molecule has 0 amide bonds. The zero-order valence-corrected chi connectivity index (χ0v) is 13.7. The molecule has 6 nitrogen and oxygen atoms in total. The van der Waals surface area contributed by atoms with Crippen molar-refractivity contribution >= 4 is 10.2 Å². The van der Waals surface area contributed by atoms with E-state index < -0.39 is 10.2 Å². The molecule has 1 fully saturated rings. The Kier molecular flexibility index (Phi) is 7.98. The normalized spacial score (nSPS) is 19.4. The highest BCUT2D eigenvalue weighted by Gasteiger charge is 2.25. The molecule has 0 aliphatic carbocycles. The summed E-state index contributed by atoms with van der Waals surface area (Å²) in [6.07, 6.45) is 4.28. The van der Waals surface area contributed by atoms with E-state index >= 15 is 0 Å². The lowest BCUT2D eigenvalue weighted by Gasteiger charge is -2.22. The molecule has 7 heteroatoms. The summed E-state index contributed by atoms with van der Waals surface area (Å²) in [5.74, 6) is 0. The van der Waals surface area contributed by atoms with Crippen molar-refractivity contribution in [2.24, 2.45) is 5.73 Å². The van der Waals surface area contributed by atoms with Gasteiger partial charge in [0.2, 0.25) is 0 Å². The molecule has 0 unspecified atom stereocenters. The Morgan fingerprint density at radius 3 is 2.50 bits per heavy atom. The first kappa shape index (κ1) is 17.8. The second kappa shape index (κ2) is 8.94. The van der Waals surface area contributed by atoms with Crippen LogP contribution in [0.5, 0.6) is 0 Å². The van der Waals surface area contributed by atoms with Gasteiger partial charge in [-0.25, -0.2) is 0 Å². The molecule has 120 valence electrons. The predicted octanol–water partition coefficient (Wildman–Crippen LogP) is 0.366. The third kappa shape index (κ3) is 6.49. The minimum absolute atomic E-state index is 0.0596. The molecule has 3 N–H and O–H groups in total. The monoisotopic (exact) mass is 306 g/mol. The predicted molar refractivity (Wildman–Crippen MR) is 82.7 cm³/mol. The molecule has 1 heterocycles. The molecule has 0 aromatic carbocycles. The average molecular weight is 306 g/mol. The summed E-state index contributed by atoms with van der Waals surface area (Å²) >= 11 is 0. The third-order valence-corrected chi connectivity index (χ3v) is 5.26. The SMILES string of the molecule is CC(C)NS(=O)(=O)N1CCCN(CCCCCN)CC1. The molecule has 0 atom stereocenters. The van der Waals surface area contributed by atoms with Gasteiger partial charge in [-0.15, -0.1) is 0 Å². The highest BCUT2D eigenvalue weighted by molar-refractivity contribution is 7.87. The summed E-state index contributed by atoms with van der Waals surface area (Å²) in [4.78, 5) is 2.36. The topological polar surface area (TPSA) is 78.7 Å². The highest BCUT2D eigenvalue weighted by Crippen LogP contribution is 2.09. The van der Waals surface area contributed by atoms with Crippen molar-refractivity contribution in [2.75, 3.05) is 39.3 Å². The lowest BCUT2D eigenvalue weighted by atomic mass is 10.2. The van der Waals surface area contributed by atoms with E-state index in [-0.39, 0.29) is 6.04 Å². The van der Waals surface area contributed by atoms with E-state index in [0.29, 0.717) is 13.1 Å². The Balaban J connectivity index is 2.39. The van der Waals surface area contributed by atoms with E-state index in [9.17, 15) is 8.42 Å². The van der Waals surface area contributed by atoms with Gasteiger partial charge in [0.1, 0.15) is 0 Å². The van der Waals surface area contributed by atoms with Gasteiger partial charge < -0.3 is 10.6 Å². The van der Waals surface area contributed by atoms with Crippen LogP contribution in [0, 0.1) is 0 Å². The number of unbranched alkanes of at least 4 members (excludes halogenated alkanes) is 2. The molecular formula is C13H30N4O2S. The van der Waals surface area contributed by atoms with Crippen molar-refractivity contribution in [3.05, 3.63) is 0 Å². The summed E-state index contributed by atoms with van der Waals surface area (Å²) in [5.41, 5.74) is 5.48. The lowest BCUT2D eigenvalue weighted by Crippen LogP contribution is -2.45. The van der Waals surface area contributed by atoms with E-state index in [4.69, 9.17) is 5.73 Å². The quantitative estimate of drug-likeness (QED) is 0.635. The first-order valence-electron chi connectivity index (χ1n) is 7.65. The fourth-order valence-corrected chi connectivity index (χ4v) is 3.88. The Bertz CT molecular complexity index is 359. The fourth-order valence-electron chi connectivity index (χ4n) is 2.44. The maximum absolute atomic E-state index is 12.1. The summed E-state index contributed by atoms with van der Waals surface area (Å²) in [7, 11) is -3.32. The molecule has 1 aliphatic heterocycles. The van der Waals surface area contributed by atoms with Crippen LogP contribution in [0.15, 0.2) is 0 Å². The third-order valence-electron chi connectivity index (χ3n) is 3.45. The van der Waals surface area contributed by atoms with Gasteiger partial charge in [-0.2, -0.15) is 17.4 Å². The van der Waals surface area contributed by atoms with Crippen molar-refractivity contribution < 1.29 is 8.42 Å². The number of hydrogen-bond acceptors (Lipinski definition) is 4. The molecule has 0 aromatic rings. The molecule has 20 heavy (non-hydrogen) atoms. The summed E-state index contributed by atoms with van der Waals surface area (Å²) in [6.45, 7) is 8.49. The Hall–Kier alpha value is -0.210. The second-order valence-electron chi connectivity index (χ2n) is 5.72. The van der Waals surface area contributed by atoms with Crippen LogP contribution in [0.2, 0.25) is 0 Å². The van der Waals surface area contributed by atoms with Crippen molar-refractivity contribution in [3.8, 4) is 0 Å². The van der Waals surface area contributed by atoms with Gasteiger partial charge in [-0.1, -0.05) is 6.42 Å². The van der Waals surface area contributed by atoms with E-state index in [0.717, 1.165) is 51.9 Å². The molecular weight excluding hydrogens is 276 g/mol. The average Bonchev–Trinajstić information content (AvgIpc) is 2.59. The van der Waals surface area contributed by atoms with Crippen LogP contribution in [0.3, 0.4) is 0 Å². The molecule has 0 spiro atoms. The Labute approximate surface area is 123 Å². The van der Waals surface area contributed by atoms with E-state index in [1.165, 1.54) is 0 Å². The second-order valence-corrected chi connectivity index (χ2v) is 7.42. The van der Waals surface area contributed by atoms with Crippen molar-refractivity contribution in [1.82, 2.24) is 13.9 Å². The number of hydrogen-bond donors (Lipinski definition) is 2. The first-order valence-corrected chi connectivity index (χ1v) is 9.09. The van der Waals surface area contributed by atoms with E-state index in [2.05, 4.69) is 9.62 Å². The number of nitrogens with zero attached hydrogens (tertiary/aromatic N) is 2. The van der Waals surface area contributed by atoms with Crippen LogP contribution in [0.4, 0.5) is 0 Å². The number of nitrogens with two attached hydrogens (primary N) is 1. The maximum atomic E-state index is 12.1. The van der Waals surface area contributed by atoms with Crippen LogP contribution in [0.25, 0.3) is 0 Å². The van der Waals surface area contributed by atoms with Gasteiger partial charge >= 0.3 is 0 Å². The first-order chi connectivity index (χ1) is 9.45. The maximum Gasteiger partial charge on any atom is 0.279 e. The zero-order chi connectivity index (χ0) is 15.0. The van der Waals surface area contributed by atoms with Crippen molar-refractivity contribution in [1.29, 1.82) is 0 Å². The zero-order valence-electron chi connectivity index (χ0n) is 12.8. The van der Waals surface area contributed by atoms with Gasteiger partial charge in [-0.3, -0.25) is 0 Å². The minimum Gasteiger partial charge on any atom is -0.330 e. The molecule has 0 saturated carbocycles. The highest BCUT2D eigenvalue weighted by atomic mass is 32.2. The molecule has 1 saturated heterocycles. The number of rotatable bonds is 8. The smallest absolute Gasteiger partial charge is 0.279 e. The van der Waals surface area contributed by atoms with E-state index in [1.54, 1.807) is 4.31 Å². The van der Waals surface area contributed by atoms with Gasteiger partial charge in [0, 0.05) is 25.7 Å². The van der Waals surface area contributed by atoms with Crippen LogP contribution >= 0.6 is 0 Å². The number of nitrogens with one attached hydrogen (secondary N) is 1. The largest absolute Gasteiger partial charge is 0.330 e. The van der Waals surface area contributed by atoms with Crippen LogP contribution in [-0.2, 0) is 10.2 Å². The van der Waals surface area contributed by atoms with E-state index in [1.807, 2.05) is 13.8 Å². The molecule has 0 bridgehead atoms. The summed E-state index contributed by atoms with van der Waals surface area (Å²) in [6, 6.07) is -0.0596. The lowest BCUT2D eigenvalue weighted by molar-refractivity contribution is 0.279. The minimum atomic E-state index is -3.32. The van der Waals surface area contributed by atoms with Crippen LogP contribution < -0.4 is 10.5 Å². The van der Waals surface area contributed by atoms with Crippen molar-refractivity contribution in [2.45, 2.75) is 45.6 Å². The van der Waals surface area contributed by atoms with Crippen LogP contribution in [0.1, 0.15) is 39.5 Å². The molecule has 0 radical (unpaired) electrons. The fraction of sp³-hybridized carbons (Fsp3) is 1.00. The van der Waals surface area contributed by atoms with Crippen molar-refractivity contribution in [3.63, 3.8) is 0 Å². The van der Waals surface area contributed by atoms with Crippen LogP contribution in [-0.4, -0.2) is 62.9 Å². The summed E-state index contributed by atoms with van der Waals surface area (Å²) < 4.78 is 28.5. The Morgan fingerprint density at radius 1 is 1.10 bits per heavy atom. The standard InChI is InChI=1S/C13H30N4O2S/c1-13(2)15-20(18,19)17-10-6-9-16(11-12-17)8-5-3-4-7-14/h13,15H,3-12,14H2,1-2H3. The molecule has 1 aliphatic rings. The van der Waals surface area contributed by atoms with Gasteiger partial charge in [0.05, 0.1) is 0 Å². The van der Waals surface area contributed by atoms with Gasteiger partial charge in [-0.05, 0) is 52.7 Å². The Morgan fingerprint density at radius 2 is 1.85 bits per heavy atom. The van der Waals surface area contributed by atoms with Gasteiger partial charge in [0.15, 0.2) is 0 Å². The summed E-state index contributed by atoms with van der Waals surface area (Å²) in [5, 5.41) is 0. The molecule has 0 aromatic heterocycles. The molecule has 1 rings (SSSR count).